The Bertz CT molecular complexity index is 668. The number of halogens is 1. The molecule has 98 valence electrons. The average molecular weight is 265 g/mol. The molecule has 0 heterocycles. The molecule has 0 aliphatic carbocycles. The zero-order chi connectivity index (χ0) is 14.4. The van der Waals surface area contributed by atoms with Gasteiger partial charge in [-0.2, -0.15) is 10.5 Å². The predicted molar refractivity (Wildman–Crippen MR) is 74.4 cm³/mol. The van der Waals surface area contributed by atoms with Crippen molar-refractivity contribution in [1.82, 2.24) is 0 Å². The number of hydrogen-bond donors (Lipinski definition) is 1. The average Bonchev–Trinajstić information content (AvgIpc) is 2.50. The molecule has 0 bridgehead atoms. The van der Waals surface area contributed by atoms with Gasteiger partial charge in [0, 0.05) is 6.54 Å². The summed E-state index contributed by atoms with van der Waals surface area (Å²) in [6.07, 6.45) is 0. The molecule has 0 saturated heterocycles. The molecule has 4 heteroatoms. The molecule has 1 unspecified atom stereocenters. The van der Waals surface area contributed by atoms with Crippen molar-refractivity contribution in [3.63, 3.8) is 0 Å². The zero-order valence-corrected chi connectivity index (χ0v) is 10.7. The molecule has 0 aliphatic rings. The molecule has 0 fully saturated rings. The fourth-order valence-corrected chi connectivity index (χ4v) is 1.90. The largest absolute Gasteiger partial charge is 0.382 e. The minimum absolute atomic E-state index is 0.231. The summed E-state index contributed by atoms with van der Waals surface area (Å²) < 4.78 is 13.0. The first-order chi connectivity index (χ1) is 9.74. The van der Waals surface area contributed by atoms with Gasteiger partial charge in [0.2, 0.25) is 0 Å². The van der Waals surface area contributed by atoms with E-state index in [0.717, 1.165) is 5.56 Å². The summed E-state index contributed by atoms with van der Waals surface area (Å²) in [5.74, 6) is -0.778. The number of rotatable bonds is 4. The molecule has 0 radical (unpaired) electrons. The first-order valence-corrected chi connectivity index (χ1v) is 6.12. The lowest BCUT2D eigenvalue weighted by atomic mass is 10.0. The predicted octanol–water partition coefficient (Wildman–Crippen LogP) is 3.42. The van der Waals surface area contributed by atoms with Crippen LogP contribution < -0.4 is 5.32 Å². The van der Waals surface area contributed by atoms with E-state index in [1.807, 2.05) is 36.4 Å². The van der Waals surface area contributed by atoms with Gasteiger partial charge in [0.1, 0.15) is 11.9 Å². The van der Waals surface area contributed by atoms with E-state index in [1.54, 1.807) is 0 Å². The van der Waals surface area contributed by atoms with Crippen LogP contribution >= 0.6 is 0 Å². The van der Waals surface area contributed by atoms with E-state index in [2.05, 4.69) is 11.4 Å². The Hall–Kier alpha value is -2.85. The van der Waals surface area contributed by atoms with Crippen LogP contribution in [0.25, 0.3) is 0 Å². The third-order valence-electron chi connectivity index (χ3n) is 2.96. The van der Waals surface area contributed by atoms with Crippen molar-refractivity contribution < 1.29 is 4.39 Å². The Morgan fingerprint density at radius 2 is 1.85 bits per heavy atom. The van der Waals surface area contributed by atoms with E-state index in [1.165, 1.54) is 18.2 Å². The summed E-state index contributed by atoms with van der Waals surface area (Å²) in [7, 11) is 0. The van der Waals surface area contributed by atoms with Crippen LogP contribution in [0.5, 0.6) is 0 Å². The van der Waals surface area contributed by atoms with Crippen LogP contribution in [0.1, 0.15) is 17.0 Å². The van der Waals surface area contributed by atoms with Crippen molar-refractivity contribution in [3.05, 3.63) is 65.5 Å². The Morgan fingerprint density at radius 3 is 2.50 bits per heavy atom. The van der Waals surface area contributed by atoms with Gasteiger partial charge in [0.05, 0.1) is 23.2 Å². The smallest absolute Gasteiger partial charge is 0.124 e. The first kappa shape index (κ1) is 13.6. The molecule has 0 aliphatic heterocycles. The fourth-order valence-electron chi connectivity index (χ4n) is 1.90. The molecule has 1 N–H and O–H groups in total. The molecule has 20 heavy (non-hydrogen) atoms. The van der Waals surface area contributed by atoms with Gasteiger partial charge in [-0.15, -0.1) is 0 Å². The van der Waals surface area contributed by atoms with E-state index < -0.39 is 5.82 Å². The standard InChI is InChI=1S/C16H12FN3/c17-15-6-7-16(13(8-15)9-18)20-11-14(10-19)12-4-2-1-3-5-12/h1-8,14,20H,11H2. The van der Waals surface area contributed by atoms with Crippen LogP contribution in [0.4, 0.5) is 10.1 Å². The van der Waals surface area contributed by atoms with Crippen LogP contribution in [-0.4, -0.2) is 6.54 Å². The van der Waals surface area contributed by atoms with Gasteiger partial charge < -0.3 is 5.32 Å². The molecule has 2 aromatic carbocycles. The maximum atomic E-state index is 13.0. The summed E-state index contributed by atoms with van der Waals surface area (Å²) in [5, 5.41) is 21.2. The molecule has 2 rings (SSSR count). The second-order valence-electron chi connectivity index (χ2n) is 4.27. The highest BCUT2D eigenvalue weighted by molar-refractivity contribution is 5.57. The molecule has 0 aromatic heterocycles. The topological polar surface area (TPSA) is 59.6 Å². The van der Waals surface area contributed by atoms with Gasteiger partial charge in [-0.25, -0.2) is 4.39 Å². The second-order valence-corrected chi connectivity index (χ2v) is 4.27. The van der Waals surface area contributed by atoms with Crippen LogP contribution in [-0.2, 0) is 0 Å². The van der Waals surface area contributed by atoms with Crippen molar-refractivity contribution in [1.29, 1.82) is 10.5 Å². The quantitative estimate of drug-likeness (QED) is 0.921. The number of hydrogen-bond acceptors (Lipinski definition) is 3. The van der Waals surface area contributed by atoms with Gasteiger partial charge in [-0.05, 0) is 23.8 Å². The summed E-state index contributed by atoms with van der Waals surface area (Å²) in [6, 6.07) is 17.5. The van der Waals surface area contributed by atoms with Crippen molar-refractivity contribution >= 4 is 5.69 Å². The molecule has 0 amide bonds. The second kappa shape index (κ2) is 6.36. The molecule has 3 nitrogen and oxygen atoms in total. The Morgan fingerprint density at radius 1 is 1.10 bits per heavy atom. The molecular formula is C16H12FN3. The van der Waals surface area contributed by atoms with Crippen LogP contribution in [0.2, 0.25) is 0 Å². The highest BCUT2D eigenvalue weighted by atomic mass is 19.1. The molecule has 0 saturated carbocycles. The Kier molecular flexibility index (Phi) is 4.32. The van der Waals surface area contributed by atoms with E-state index >= 15 is 0 Å². The van der Waals surface area contributed by atoms with Crippen molar-refractivity contribution in [3.8, 4) is 12.1 Å². The molecule has 0 spiro atoms. The SMILES string of the molecule is N#Cc1cc(F)ccc1NCC(C#N)c1ccccc1. The van der Waals surface area contributed by atoms with Gasteiger partial charge >= 0.3 is 0 Å². The maximum absolute atomic E-state index is 13.0. The third-order valence-corrected chi connectivity index (χ3v) is 2.96. The highest BCUT2D eigenvalue weighted by Gasteiger charge is 2.11. The number of nitrogens with zero attached hydrogens (tertiary/aromatic N) is 2. The lowest BCUT2D eigenvalue weighted by molar-refractivity contribution is 0.627. The van der Waals surface area contributed by atoms with E-state index in [0.29, 0.717) is 12.2 Å². The van der Waals surface area contributed by atoms with Gasteiger partial charge in [-0.1, -0.05) is 30.3 Å². The van der Waals surface area contributed by atoms with Crippen LogP contribution in [0.15, 0.2) is 48.5 Å². The van der Waals surface area contributed by atoms with Crippen molar-refractivity contribution in [2.24, 2.45) is 0 Å². The molecular weight excluding hydrogens is 253 g/mol. The molecule has 2 aromatic rings. The van der Waals surface area contributed by atoms with Crippen LogP contribution in [0.3, 0.4) is 0 Å². The van der Waals surface area contributed by atoms with E-state index in [4.69, 9.17) is 5.26 Å². The minimum Gasteiger partial charge on any atom is -0.382 e. The minimum atomic E-state index is -0.452. The Balaban J connectivity index is 2.12. The van der Waals surface area contributed by atoms with Crippen LogP contribution in [0, 0.1) is 28.5 Å². The van der Waals surface area contributed by atoms with Gasteiger partial charge in [0.25, 0.3) is 0 Å². The lowest BCUT2D eigenvalue weighted by Crippen LogP contribution is -2.12. The van der Waals surface area contributed by atoms with E-state index in [9.17, 15) is 9.65 Å². The summed E-state index contributed by atoms with van der Waals surface area (Å²) in [6.45, 7) is 0.362. The number of benzene rings is 2. The summed E-state index contributed by atoms with van der Waals surface area (Å²) in [5.41, 5.74) is 1.67. The normalized spacial score (nSPS) is 11.2. The lowest BCUT2D eigenvalue weighted by Gasteiger charge is -2.13. The van der Waals surface area contributed by atoms with Crippen molar-refractivity contribution in [2.45, 2.75) is 5.92 Å². The number of nitriles is 2. The Labute approximate surface area is 116 Å². The third kappa shape index (κ3) is 3.13. The molecule has 1 atom stereocenters. The van der Waals surface area contributed by atoms with Gasteiger partial charge in [-0.3, -0.25) is 0 Å². The summed E-state index contributed by atoms with van der Waals surface area (Å²) in [4.78, 5) is 0. The maximum Gasteiger partial charge on any atom is 0.124 e. The van der Waals surface area contributed by atoms with Gasteiger partial charge in [0.15, 0.2) is 0 Å². The number of nitrogens with one attached hydrogen (secondary N) is 1. The number of anilines is 1. The van der Waals surface area contributed by atoms with Crippen molar-refractivity contribution in [2.75, 3.05) is 11.9 Å². The van der Waals surface area contributed by atoms with E-state index in [-0.39, 0.29) is 11.5 Å². The zero-order valence-electron chi connectivity index (χ0n) is 10.7. The fraction of sp³-hybridized carbons (Fsp3) is 0.125. The highest BCUT2D eigenvalue weighted by Crippen LogP contribution is 2.19. The first-order valence-electron chi connectivity index (χ1n) is 6.12. The monoisotopic (exact) mass is 265 g/mol. The summed E-state index contributed by atoms with van der Waals surface area (Å²) >= 11 is 0.